The summed E-state index contributed by atoms with van der Waals surface area (Å²) >= 11 is 0. The Kier molecular flexibility index (Phi) is 2.44. The van der Waals surface area contributed by atoms with E-state index in [1.807, 2.05) is 13.8 Å². The van der Waals surface area contributed by atoms with Crippen LogP contribution in [0.4, 0.5) is 10.1 Å². The Labute approximate surface area is 84.5 Å². The van der Waals surface area contributed by atoms with E-state index in [1.165, 1.54) is 18.5 Å². The summed E-state index contributed by atoms with van der Waals surface area (Å²) in [5, 5.41) is 0. The number of benzene rings is 1. The minimum absolute atomic E-state index is 0.122. The highest BCUT2D eigenvalue weighted by atomic mass is 19.1. The molecule has 1 aromatic rings. The SMILES string of the molecule is Cc1cc(F)cc(C)c1N1CCCC1. The Hall–Kier alpha value is -1.05. The average Bonchev–Trinajstić information content (AvgIpc) is 2.54. The molecule has 0 atom stereocenters. The molecule has 0 unspecified atom stereocenters. The quantitative estimate of drug-likeness (QED) is 0.662. The zero-order valence-corrected chi connectivity index (χ0v) is 8.81. The molecule has 0 amide bonds. The highest BCUT2D eigenvalue weighted by molar-refractivity contribution is 5.59. The summed E-state index contributed by atoms with van der Waals surface area (Å²) in [5.41, 5.74) is 3.36. The molecule has 0 aliphatic carbocycles. The normalized spacial score (nSPS) is 16.4. The molecular weight excluding hydrogens is 177 g/mol. The first-order valence-electron chi connectivity index (χ1n) is 5.20. The smallest absolute Gasteiger partial charge is 0.123 e. The van der Waals surface area contributed by atoms with E-state index in [0.717, 1.165) is 24.2 Å². The predicted molar refractivity (Wildman–Crippen MR) is 57.3 cm³/mol. The predicted octanol–water partition coefficient (Wildman–Crippen LogP) is 3.04. The average molecular weight is 193 g/mol. The molecule has 1 fully saturated rings. The lowest BCUT2D eigenvalue weighted by Crippen LogP contribution is -2.19. The van der Waals surface area contributed by atoms with Gasteiger partial charge in [0.15, 0.2) is 0 Å². The van der Waals surface area contributed by atoms with Gasteiger partial charge in [0.1, 0.15) is 5.82 Å². The number of hydrogen-bond acceptors (Lipinski definition) is 1. The van der Waals surface area contributed by atoms with Crippen molar-refractivity contribution in [1.82, 2.24) is 0 Å². The van der Waals surface area contributed by atoms with Crippen LogP contribution in [0.3, 0.4) is 0 Å². The maximum atomic E-state index is 13.1. The van der Waals surface area contributed by atoms with Gasteiger partial charge in [0.25, 0.3) is 0 Å². The van der Waals surface area contributed by atoms with Gasteiger partial charge in [-0.3, -0.25) is 0 Å². The van der Waals surface area contributed by atoms with Crippen LogP contribution >= 0.6 is 0 Å². The lowest BCUT2D eigenvalue weighted by Gasteiger charge is -2.22. The summed E-state index contributed by atoms with van der Waals surface area (Å²) in [5.74, 6) is -0.122. The van der Waals surface area contributed by atoms with Gasteiger partial charge in [0, 0.05) is 18.8 Å². The van der Waals surface area contributed by atoms with Crippen molar-refractivity contribution in [2.45, 2.75) is 26.7 Å². The van der Waals surface area contributed by atoms with Crippen LogP contribution in [0.15, 0.2) is 12.1 Å². The highest BCUT2D eigenvalue weighted by Gasteiger charge is 2.16. The van der Waals surface area contributed by atoms with E-state index >= 15 is 0 Å². The van der Waals surface area contributed by atoms with Crippen LogP contribution < -0.4 is 4.90 Å². The largest absolute Gasteiger partial charge is 0.371 e. The Morgan fingerprint density at radius 2 is 1.57 bits per heavy atom. The van der Waals surface area contributed by atoms with Crippen LogP contribution in [-0.2, 0) is 0 Å². The monoisotopic (exact) mass is 193 g/mol. The third kappa shape index (κ3) is 1.61. The highest BCUT2D eigenvalue weighted by Crippen LogP contribution is 2.28. The molecule has 14 heavy (non-hydrogen) atoms. The van der Waals surface area contributed by atoms with Gasteiger partial charge in [-0.05, 0) is 49.9 Å². The van der Waals surface area contributed by atoms with Gasteiger partial charge < -0.3 is 4.90 Å². The number of halogens is 1. The lowest BCUT2D eigenvalue weighted by molar-refractivity contribution is 0.625. The first kappa shape index (κ1) is 9.50. The van der Waals surface area contributed by atoms with Crippen LogP contribution in [0.25, 0.3) is 0 Å². The second kappa shape index (κ2) is 3.60. The molecule has 1 saturated heterocycles. The van der Waals surface area contributed by atoms with Crippen LogP contribution in [0, 0.1) is 19.7 Å². The molecule has 76 valence electrons. The van der Waals surface area contributed by atoms with E-state index in [4.69, 9.17) is 0 Å². The number of rotatable bonds is 1. The summed E-state index contributed by atoms with van der Waals surface area (Å²) < 4.78 is 13.1. The van der Waals surface area contributed by atoms with Gasteiger partial charge in [-0.2, -0.15) is 0 Å². The maximum absolute atomic E-state index is 13.1. The van der Waals surface area contributed by atoms with Gasteiger partial charge in [0.05, 0.1) is 0 Å². The van der Waals surface area contributed by atoms with Crippen molar-refractivity contribution in [2.24, 2.45) is 0 Å². The van der Waals surface area contributed by atoms with E-state index in [2.05, 4.69) is 4.90 Å². The fourth-order valence-electron chi connectivity index (χ4n) is 2.34. The van der Waals surface area contributed by atoms with E-state index < -0.39 is 0 Å². The number of hydrogen-bond donors (Lipinski definition) is 0. The first-order chi connectivity index (χ1) is 6.68. The van der Waals surface area contributed by atoms with Crippen molar-refractivity contribution in [3.63, 3.8) is 0 Å². The summed E-state index contributed by atoms with van der Waals surface area (Å²) in [6, 6.07) is 3.25. The maximum Gasteiger partial charge on any atom is 0.123 e. The van der Waals surface area contributed by atoms with E-state index in [9.17, 15) is 4.39 Å². The summed E-state index contributed by atoms with van der Waals surface area (Å²) in [6.07, 6.45) is 2.52. The zero-order valence-electron chi connectivity index (χ0n) is 8.81. The van der Waals surface area contributed by atoms with Crippen LogP contribution in [-0.4, -0.2) is 13.1 Å². The van der Waals surface area contributed by atoms with Crippen LogP contribution in [0.1, 0.15) is 24.0 Å². The molecule has 0 aromatic heterocycles. The zero-order chi connectivity index (χ0) is 10.1. The first-order valence-corrected chi connectivity index (χ1v) is 5.20. The number of anilines is 1. The molecule has 2 rings (SSSR count). The minimum Gasteiger partial charge on any atom is -0.371 e. The molecule has 2 heteroatoms. The minimum atomic E-state index is -0.122. The summed E-state index contributed by atoms with van der Waals surface area (Å²) in [4.78, 5) is 2.37. The fourth-order valence-corrected chi connectivity index (χ4v) is 2.34. The van der Waals surface area contributed by atoms with Crippen LogP contribution in [0.5, 0.6) is 0 Å². The molecule has 0 saturated carbocycles. The Bertz CT molecular complexity index is 317. The standard InChI is InChI=1S/C12H16FN/c1-9-7-11(13)8-10(2)12(9)14-5-3-4-6-14/h7-8H,3-6H2,1-2H3. The topological polar surface area (TPSA) is 3.24 Å². The van der Waals surface area contributed by atoms with Crippen molar-refractivity contribution in [2.75, 3.05) is 18.0 Å². The third-order valence-corrected chi connectivity index (χ3v) is 2.88. The third-order valence-electron chi connectivity index (χ3n) is 2.88. The van der Waals surface area contributed by atoms with Crippen molar-refractivity contribution in [1.29, 1.82) is 0 Å². The molecular formula is C12H16FN. The fraction of sp³-hybridized carbons (Fsp3) is 0.500. The van der Waals surface area contributed by atoms with Crippen molar-refractivity contribution in [3.05, 3.63) is 29.1 Å². The van der Waals surface area contributed by atoms with Crippen LogP contribution in [0.2, 0.25) is 0 Å². The summed E-state index contributed by atoms with van der Waals surface area (Å²) in [7, 11) is 0. The Morgan fingerprint density at radius 3 is 2.07 bits per heavy atom. The molecule has 1 aliphatic rings. The Balaban J connectivity index is 2.40. The second-order valence-electron chi connectivity index (χ2n) is 4.08. The van der Waals surface area contributed by atoms with Crippen molar-refractivity contribution in [3.8, 4) is 0 Å². The molecule has 0 radical (unpaired) electrons. The molecule has 0 N–H and O–H groups in total. The Morgan fingerprint density at radius 1 is 1.07 bits per heavy atom. The molecule has 1 aliphatic heterocycles. The lowest BCUT2D eigenvalue weighted by atomic mass is 10.1. The van der Waals surface area contributed by atoms with Gasteiger partial charge in [-0.1, -0.05) is 0 Å². The molecule has 1 heterocycles. The molecule has 1 aromatic carbocycles. The molecule has 0 spiro atoms. The molecule has 1 nitrogen and oxygen atoms in total. The van der Waals surface area contributed by atoms with Crippen molar-refractivity contribution < 1.29 is 4.39 Å². The van der Waals surface area contributed by atoms with Crippen molar-refractivity contribution >= 4 is 5.69 Å². The summed E-state index contributed by atoms with van der Waals surface area (Å²) in [6.45, 7) is 6.22. The number of nitrogens with zero attached hydrogens (tertiary/aromatic N) is 1. The van der Waals surface area contributed by atoms with Gasteiger partial charge in [-0.15, -0.1) is 0 Å². The number of aryl methyl sites for hydroxylation is 2. The van der Waals surface area contributed by atoms with Gasteiger partial charge in [0.2, 0.25) is 0 Å². The van der Waals surface area contributed by atoms with E-state index in [-0.39, 0.29) is 5.82 Å². The van der Waals surface area contributed by atoms with E-state index in [1.54, 1.807) is 12.1 Å². The van der Waals surface area contributed by atoms with Gasteiger partial charge >= 0.3 is 0 Å². The second-order valence-corrected chi connectivity index (χ2v) is 4.08. The van der Waals surface area contributed by atoms with E-state index in [0.29, 0.717) is 0 Å². The van der Waals surface area contributed by atoms with Gasteiger partial charge in [-0.25, -0.2) is 4.39 Å². The molecule has 0 bridgehead atoms.